The predicted octanol–water partition coefficient (Wildman–Crippen LogP) is 2.90. The lowest BCUT2D eigenvalue weighted by Gasteiger charge is -2.07. The lowest BCUT2D eigenvalue weighted by molar-refractivity contribution is 0.0699. The SMILES string of the molecule is N#Cc1ccccc1OCc1ccsc1C(=O)O. The number of hydrogen-bond acceptors (Lipinski definition) is 4. The van der Waals surface area contributed by atoms with E-state index in [0.717, 1.165) is 11.3 Å². The first kappa shape index (κ1) is 12.1. The van der Waals surface area contributed by atoms with Crippen molar-refractivity contribution < 1.29 is 14.6 Å². The Hall–Kier alpha value is -2.32. The molecule has 0 aliphatic heterocycles. The van der Waals surface area contributed by atoms with Gasteiger partial charge in [0, 0.05) is 5.56 Å². The van der Waals surface area contributed by atoms with Crippen molar-refractivity contribution in [2.45, 2.75) is 6.61 Å². The molecule has 18 heavy (non-hydrogen) atoms. The molecule has 0 spiro atoms. The van der Waals surface area contributed by atoms with Crippen molar-refractivity contribution in [2.24, 2.45) is 0 Å². The zero-order valence-corrected chi connectivity index (χ0v) is 10.1. The van der Waals surface area contributed by atoms with Crippen molar-refractivity contribution in [1.82, 2.24) is 0 Å². The number of carboxylic acid groups (broad SMARTS) is 1. The van der Waals surface area contributed by atoms with E-state index in [4.69, 9.17) is 15.1 Å². The summed E-state index contributed by atoms with van der Waals surface area (Å²) in [6, 6.07) is 10.6. The van der Waals surface area contributed by atoms with Gasteiger partial charge in [-0.2, -0.15) is 5.26 Å². The fourth-order valence-electron chi connectivity index (χ4n) is 1.48. The van der Waals surface area contributed by atoms with E-state index < -0.39 is 5.97 Å². The summed E-state index contributed by atoms with van der Waals surface area (Å²) in [5, 5.41) is 19.6. The van der Waals surface area contributed by atoms with Crippen molar-refractivity contribution in [3.8, 4) is 11.8 Å². The van der Waals surface area contributed by atoms with Crippen molar-refractivity contribution in [3.05, 3.63) is 51.7 Å². The molecular formula is C13H9NO3S. The highest BCUT2D eigenvalue weighted by atomic mass is 32.1. The van der Waals surface area contributed by atoms with Crippen LogP contribution in [0.4, 0.5) is 0 Å². The molecule has 90 valence electrons. The van der Waals surface area contributed by atoms with E-state index in [0.29, 0.717) is 16.9 Å². The van der Waals surface area contributed by atoms with Crippen LogP contribution in [0.2, 0.25) is 0 Å². The van der Waals surface area contributed by atoms with E-state index in [1.807, 2.05) is 6.07 Å². The maximum absolute atomic E-state index is 10.9. The van der Waals surface area contributed by atoms with Gasteiger partial charge in [-0.3, -0.25) is 0 Å². The standard InChI is InChI=1S/C13H9NO3S/c14-7-9-3-1-2-4-11(9)17-8-10-5-6-18-12(10)13(15)16/h1-6H,8H2,(H,15,16). The van der Waals surface area contributed by atoms with Gasteiger partial charge < -0.3 is 9.84 Å². The molecule has 2 aromatic rings. The number of thiophene rings is 1. The van der Waals surface area contributed by atoms with Crippen LogP contribution in [0.1, 0.15) is 20.8 Å². The number of hydrogen-bond donors (Lipinski definition) is 1. The summed E-state index contributed by atoms with van der Waals surface area (Å²) < 4.78 is 5.48. The minimum atomic E-state index is -0.961. The fourth-order valence-corrected chi connectivity index (χ4v) is 2.22. The molecule has 0 saturated heterocycles. The first-order chi connectivity index (χ1) is 8.72. The number of carbonyl (C=O) groups is 1. The molecule has 0 bridgehead atoms. The normalized spacial score (nSPS) is 9.72. The molecule has 0 radical (unpaired) electrons. The monoisotopic (exact) mass is 259 g/mol. The number of carboxylic acids is 1. The topological polar surface area (TPSA) is 70.3 Å². The van der Waals surface area contributed by atoms with Gasteiger partial charge in [-0.05, 0) is 23.6 Å². The zero-order valence-electron chi connectivity index (χ0n) is 9.29. The molecule has 0 unspecified atom stereocenters. The Balaban J connectivity index is 2.15. The van der Waals surface area contributed by atoms with E-state index >= 15 is 0 Å². The number of nitriles is 1. The maximum Gasteiger partial charge on any atom is 0.346 e. The number of nitrogens with zero attached hydrogens (tertiary/aromatic N) is 1. The highest BCUT2D eigenvalue weighted by Crippen LogP contribution is 2.21. The van der Waals surface area contributed by atoms with Crippen molar-refractivity contribution >= 4 is 17.3 Å². The highest BCUT2D eigenvalue weighted by Gasteiger charge is 2.12. The van der Waals surface area contributed by atoms with Gasteiger partial charge in [0.2, 0.25) is 0 Å². The summed E-state index contributed by atoms with van der Waals surface area (Å²) in [5.74, 6) is -0.500. The molecule has 4 nitrogen and oxygen atoms in total. The lowest BCUT2D eigenvalue weighted by Crippen LogP contribution is -2.02. The number of para-hydroxylation sites is 1. The smallest absolute Gasteiger partial charge is 0.346 e. The van der Waals surface area contributed by atoms with Crippen LogP contribution in [0, 0.1) is 11.3 Å². The Morgan fingerprint density at radius 2 is 2.17 bits per heavy atom. The first-order valence-electron chi connectivity index (χ1n) is 5.14. The average molecular weight is 259 g/mol. The Morgan fingerprint density at radius 3 is 2.89 bits per heavy atom. The van der Waals surface area contributed by atoms with Crippen LogP contribution in [-0.2, 0) is 6.61 Å². The van der Waals surface area contributed by atoms with Gasteiger partial charge in [0.1, 0.15) is 23.3 Å². The molecule has 0 amide bonds. The zero-order chi connectivity index (χ0) is 13.0. The van der Waals surface area contributed by atoms with Gasteiger partial charge in [0.05, 0.1) is 5.56 Å². The molecule has 0 saturated carbocycles. The maximum atomic E-state index is 10.9. The summed E-state index contributed by atoms with van der Waals surface area (Å²) in [6.45, 7) is 0.143. The minimum Gasteiger partial charge on any atom is -0.487 e. The second-order valence-corrected chi connectivity index (χ2v) is 4.39. The Bertz CT molecular complexity index is 613. The van der Waals surface area contributed by atoms with Gasteiger partial charge in [-0.25, -0.2) is 4.79 Å². The summed E-state index contributed by atoms with van der Waals surface area (Å²) in [7, 11) is 0. The van der Waals surface area contributed by atoms with Crippen LogP contribution in [0.25, 0.3) is 0 Å². The van der Waals surface area contributed by atoms with Crippen LogP contribution < -0.4 is 4.74 Å². The third-order valence-electron chi connectivity index (χ3n) is 2.33. The molecule has 1 aromatic heterocycles. The molecular weight excluding hydrogens is 250 g/mol. The molecule has 0 atom stereocenters. The second kappa shape index (κ2) is 5.34. The highest BCUT2D eigenvalue weighted by molar-refractivity contribution is 7.12. The number of rotatable bonds is 4. The van der Waals surface area contributed by atoms with Crippen LogP contribution in [0.5, 0.6) is 5.75 Å². The molecule has 0 aliphatic carbocycles. The van der Waals surface area contributed by atoms with Crippen molar-refractivity contribution in [1.29, 1.82) is 5.26 Å². The number of benzene rings is 1. The van der Waals surface area contributed by atoms with Gasteiger partial charge in [0.25, 0.3) is 0 Å². The predicted molar refractivity (Wildman–Crippen MR) is 66.8 cm³/mol. The van der Waals surface area contributed by atoms with Gasteiger partial charge in [-0.1, -0.05) is 12.1 Å². The molecule has 1 aromatic carbocycles. The lowest BCUT2D eigenvalue weighted by atomic mass is 10.2. The summed E-state index contributed by atoms with van der Waals surface area (Å²) in [4.78, 5) is 11.2. The Labute approximate surface area is 108 Å². The third-order valence-corrected chi connectivity index (χ3v) is 3.28. The largest absolute Gasteiger partial charge is 0.487 e. The summed E-state index contributed by atoms with van der Waals surface area (Å²) >= 11 is 1.16. The van der Waals surface area contributed by atoms with Crippen LogP contribution in [0.15, 0.2) is 35.7 Å². The van der Waals surface area contributed by atoms with E-state index in [1.54, 1.807) is 35.7 Å². The fraction of sp³-hybridized carbons (Fsp3) is 0.0769. The average Bonchev–Trinajstić information content (AvgIpc) is 2.85. The molecule has 0 fully saturated rings. The van der Waals surface area contributed by atoms with Gasteiger partial charge in [0.15, 0.2) is 0 Å². The van der Waals surface area contributed by atoms with Crippen molar-refractivity contribution in [3.63, 3.8) is 0 Å². The van der Waals surface area contributed by atoms with Crippen molar-refractivity contribution in [2.75, 3.05) is 0 Å². The van der Waals surface area contributed by atoms with Crippen LogP contribution in [-0.4, -0.2) is 11.1 Å². The quantitative estimate of drug-likeness (QED) is 0.916. The Morgan fingerprint density at radius 1 is 1.39 bits per heavy atom. The number of ether oxygens (including phenoxy) is 1. The van der Waals surface area contributed by atoms with E-state index in [-0.39, 0.29) is 11.5 Å². The minimum absolute atomic E-state index is 0.143. The van der Waals surface area contributed by atoms with E-state index in [9.17, 15) is 4.79 Å². The molecule has 5 heteroatoms. The number of aromatic carboxylic acids is 1. The van der Waals surface area contributed by atoms with Crippen LogP contribution >= 0.6 is 11.3 Å². The van der Waals surface area contributed by atoms with E-state index in [2.05, 4.69) is 0 Å². The molecule has 1 N–H and O–H groups in total. The molecule has 2 rings (SSSR count). The summed E-state index contributed by atoms with van der Waals surface area (Å²) in [5.41, 5.74) is 1.05. The van der Waals surface area contributed by atoms with E-state index in [1.165, 1.54) is 0 Å². The second-order valence-electron chi connectivity index (χ2n) is 3.48. The third kappa shape index (κ3) is 2.50. The van der Waals surface area contributed by atoms with Gasteiger partial charge in [-0.15, -0.1) is 11.3 Å². The molecule has 1 heterocycles. The summed E-state index contributed by atoms with van der Waals surface area (Å²) in [6.07, 6.45) is 0. The van der Waals surface area contributed by atoms with Crippen LogP contribution in [0.3, 0.4) is 0 Å². The molecule has 0 aliphatic rings. The Kier molecular flexibility index (Phi) is 3.60. The van der Waals surface area contributed by atoms with Gasteiger partial charge >= 0.3 is 5.97 Å². The first-order valence-corrected chi connectivity index (χ1v) is 6.02.